The van der Waals surface area contributed by atoms with Crippen molar-refractivity contribution in [2.24, 2.45) is 0 Å². The zero-order valence-corrected chi connectivity index (χ0v) is 15.3. The smallest absolute Gasteiger partial charge is 0.334 e. The average Bonchev–Trinajstić information content (AvgIpc) is 2.59. The summed E-state index contributed by atoms with van der Waals surface area (Å²) in [5.41, 5.74) is -0.272. The van der Waals surface area contributed by atoms with E-state index in [0.717, 1.165) is 5.56 Å². The van der Waals surface area contributed by atoms with Gasteiger partial charge >= 0.3 is 5.97 Å². The zero-order valence-electron chi connectivity index (χ0n) is 14.6. The van der Waals surface area contributed by atoms with E-state index in [2.05, 4.69) is 5.32 Å². The number of rotatable bonds is 7. The number of ether oxygens (including phenoxy) is 1. The molecular weight excluding hydrogens is 338 g/mol. The normalized spacial score (nSPS) is 13.3. The number of halogens is 1. The molecule has 1 N–H and O–H groups in total. The maximum atomic E-state index is 13.0. The van der Waals surface area contributed by atoms with E-state index in [9.17, 15) is 9.59 Å². The van der Waals surface area contributed by atoms with Crippen LogP contribution in [0.25, 0.3) is 0 Å². The van der Waals surface area contributed by atoms with E-state index in [4.69, 9.17) is 16.3 Å². The summed E-state index contributed by atoms with van der Waals surface area (Å²) < 4.78 is 5.41. The first-order chi connectivity index (χ1) is 11.8. The maximum Gasteiger partial charge on any atom is 0.334 e. The quantitative estimate of drug-likeness (QED) is 0.461. The van der Waals surface area contributed by atoms with Crippen LogP contribution < -0.4 is 5.32 Å². The number of carbonyl (C=O) groups excluding carboxylic acids is 2. The van der Waals surface area contributed by atoms with Crippen molar-refractivity contribution < 1.29 is 14.3 Å². The fourth-order valence-corrected chi connectivity index (χ4v) is 2.77. The predicted molar refractivity (Wildman–Crippen MR) is 98.7 cm³/mol. The van der Waals surface area contributed by atoms with E-state index in [-0.39, 0.29) is 18.4 Å². The Balaban J connectivity index is 2.23. The molecule has 1 unspecified atom stereocenters. The van der Waals surface area contributed by atoms with Crippen LogP contribution in [0.5, 0.6) is 0 Å². The number of ketones is 1. The van der Waals surface area contributed by atoms with Gasteiger partial charge in [0.15, 0.2) is 11.3 Å². The molecule has 0 aliphatic heterocycles. The Morgan fingerprint density at radius 1 is 1.12 bits per heavy atom. The molecule has 0 amide bonds. The van der Waals surface area contributed by atoms with Crippen LogP contribution in [0.2, 0.25) is 5.02 Å². The van der Waals surface area contributed by atoms with Gasteiger partial charge in [0, 0.05) is 16.6 Å². The number of benzene rings is 2. The SMILES string of the molecule is CC(C)NC(C)(C(=O)OCc1ccccc1)C(=O)c1cccc(Cl)c1. The summed E-state index contributed by atoms with van der Waals surface area (Å²) in [5, 5.41) is 3.48. The summed E-state index contributed by atoms with van der Waals surface area (Å²) >= 11 is 5.98. The molecule has 0 heterocycles. The lowest BCUT2D eigenvalue weighted by Gasteiger charge is -2.29. The van der Waals surface area contributed by atoms with Crippen LogP contribution in [0.4, 0.5) is 0 Å². The molecule has 0 aliphatic rings. The molecule has 5 heteroatoms. The van der Waals surface area contributed by atoms with Crippen molar-refractivity contribution in [3.8, 4) is 0 Å². The van der Waals surface area contributed by atoms with Gasteiger partial charge in [-0.05, 0) is 38.5 Å². The van der Waals surface area contributed by atoms with Crippen molar-refractivity contribution >= 4 is 23.4 Å². The van der Waals surface area contributed by atoms with Gasteiger partial charge in [-0.15, -0.1) is 0 Å². The van der Waals surface area contributed by atoms with Crippen molar-refractivity contribution in [1.29, 1.82) is 0 Å². The summed E-state index contributed by atoms with van der Waals surface area (Å²) in [6.07, 6.45) is 0. The average molecular weight is 360 g/mol. The molecule has 0 bridgehead atoms. The first kappa shape index (κ1) is 19.2. The van der Waals surface area contributed by atoms with Gasteiger partial charge in [0.2, 0.25) is 0 Å². The van der Waals surface area contributed by atoms with Crippen LogP contribution in [0.3, 0.4) is 0 Å². The summed E-state index contributed by atoms with van der Waals surface area (Å²) in [6.45, 7) is 5.39. The van der Waals surface area contributed by atoms with Crippen molar-refractivity contribution in [1.82, 2.24) is 5.32 Å². The molecule has 0 saturated carbocycles. The third kappa shape index (κ3) is 4.91. The third-order valence-corrected chi connectivity index (χ3v) is 3.97. The first-order valence-corrected chi connectivity index (χ1v) is 8.50. The Morgan fingerprint density at radius 3 is 2.40 bits per heavy atom. The van der Waals surface area contributed by atoms with Gasteiger partial charge in [0.05, 0.1) is 0 Å². The summed E-state index contributed by atoms with van der Waals surface area (Å²) in [5.74, 6) is -0.989. The van der Waals surface area contributed by atoms with Gasteiger partial charge in [-0.1, -0.05) is 54.1 Å². The van der Waals surface area contributed by atoms with Crippen LogP contribution in [0.1, 0.15) is 36.7 Å². The number of hydrogen-bond acceptors (Lipinski definition) is 4. The molecule has 4 nitrogen and oxygen atoms in total. The molecule has 2 aromatic carbocycles. The molecule has 0 saturated heterocycles. The second-order valence-electron chi connectivity index (χ2n) is 6.33. The molecule has 0 spiro atoms. The Labute approximate surface area is 153 Å². The summed E-state index contributed by atoms with van der Waals surface area (Å²) in [7, 11) is 0. The van der Waals surface area contributed by atoms with E-state index in [1.165, 1.54) is 0 Å². The third-order valence-electron chi connectivity index (χ3n) is 3.74. The Morgan fingerprint density at radius 2 is 1.80 bits per heavy atom. The Kier molecular flexibility index (Phi) is 6.34. The lowest BCUT2D eigenvalue weighted by Crippen LogP contribution is -2.58. The van der Waals surface area contributed by atoms with Crippen LogP contribution in [-0.4, -0.2) is 23.3 Å². The van der Waals surface area contributed by atoms with Crippen molar-refractivity contribution in [3.63, 3.8) is 0 Å². The highest BCUT2D eigenvalue weighted by molar-refractivity contribution is 6.31. The highest BCUT2D eigenvalue weighted by Crippen LogP contribution is 2.20. The maximum absolute atomic E-state index is 13.0. The molecule has 2 rings (SSSR count). The van der Waals surface area contributed by atoms with Gasteiger partial charge < -0.3 is 4.74 Å². The van der Waals surface area contributed by atoms with Gasteiger partial charge in [-0.25, -0.2) is 4.79 Å². The Bertz CT molecular complexity index is 746. The van der Waals surface area contributed by atoms with Crippen molar-refractivity contribution in [2.45, 2.75) is 39.0 Å². The number of hydrogen-bond donors (Lipinski definition) is 1. The van der Waals surface area contributed by atoms with E-state index in [0.29, 0.717) is 10.6 Å². The Hall–Kier alpha value is -2.17. The lowest BCUT2D eigenvalue weighted by atomic mass is 9.90. The molecule has 25 heavy (non-hydrogen) atoms. The van der Waals surface area contributed by atoms with Gasteiger partial charge in [0.25, 0.3) is 0 Å². The minimum atomic E-state index is -1.49. The van der Waals surface area contributed by atoms with Crippen LogP contribution >= 0.6 is 11.6 Å². The number of Topliss-reactive ketones (excluding diaryl/α,β-unsaturated/α-hetero) is 1. The first-order valence-electron chi connectivity index (χ1n) is 8.12. The van der Waals surface area contributed by atoms with Crippen molar-refractivity contribution in [3.05, 3.63) is 70.7 Å². The van der Waals surface area contributed by atoms with Gasteiger partial charge in [-0.3, -0.25) is 10.1 Å². The predicted octanol–water partition coefficient (Wildman–Crippen LogP) is 4.02. The minimum absolute atomic E-state index is 0.0857. The number of esters is 1. The molecule has 0 aliphatic carbocycles. The molecule has 2 aromatic rings. The highest BCUT2D eigenvalue weighted by atomic mass is 35.5. The molecule has 132 valence electrons. The van der Waals surface area contributed by atoms with E-state index in [1.807, 2.05) is 44.2 Å². The van der Waals surface area contributed by atoms with E-state index in [1.54, 1.807) is 31.2 Å². The van der Waals surface area contributed by atoms with Crippen LogP contribution in [-0.2, 0) is 16.1 Å². The minimum Gasteiger partial charge on any atom is -0.459 e. The molecule has 1 atom stereocenters. The lowest BCUT2D eigenvalue weighted by molar-refractivity contribution is -0.150. The largest absolute Gasteiger partial charge is 0.459 e. The zero-order chi connectivity index (χ0) is 18.4. The second kappa shape index (κ2) is 8.28. The van der Waals surface area contributed by atoms with Crippen LogP contribution in [0, 0.1) is 0 Å². The fraction of sp³-hybridized carbons (Fsp3) is 0.300. The summed E-state index contributed by atoms with van der Waals surface area (Å²) in [6, 6.07) is 15.8. The monoisotopic (exact) mass is 359 g/mol. The second-order valence-corrected chi connectivity index (χ2v) is 6.76. The van der Waals surface area contributed by atoms with Gasteiger partial charge in [0.1, 0.15) is 6.61 Å². The van der Waals surface area contributed by atoms with Crippen LogP contribution in [0.15, 0.2) is 54.6 Å². The fourth-order valence-electron chi connectivity index (χ4n) is 2.58. The number of carbonyl (C=O) groups is 2. The molecular formula is C20H22ClNO3. The topological polar surface area (TPSA) is 55.4 Å². The standard InChI is InChI=1S/C20H22ClNO3/c1-14(2)22-20(3,18(23)16-10-7-11-17(21)12-16)19(24)25-13-15-8-5-4-6-9-15/h4-12,14,22H,13H2,1-3H3. The van der Waals surface area contributed by atoms with E-state index < -0.39 is 11.5 Å². The molecule has 0 fully saturated rings. The molecule has 0 radical (unpaired) electrons. The molecule has 0 aromatic heterocycles. The summed E-state index contributed by atoms with van der Waals surface area (Å²) in [4.78, 5) is 25.7. The number of nitrogens with one attached hydrogen (secondary N) is 1. The van der Waals surface area contributed by atoms with Gasteiger partial charge in [-0.2, -0.15) is 0 Å². The van der Waals surface area contributed by atoms with E-state index >= 15 is 0 Å². The highest BCUT2D eigenvalue weighted by Gasteiger charge is 2.43. The van der Waals surface area contributed by atoms with Crippen molar-refractivity contribution in [2.75, 3.05) is 0 Å².